The van der Waals surface area contributed by atoms with Gasteiger partial charge in [-0.05, 0) is 24.5 Å². The van der Waals surface area contributed by atoms with E-state index in [-0.39, 0.29) is 5.92 Å². The molecular weight excluding hydrogens is 330 g/mol. The lowest BCUT2D eigenvalue weighted by Crippen LogP contribution is -2.46. The molecule has 0 spiro atoms. The van der Waals surface area contributed by atoms with Crippen LogP contribution in [-0.4, -0.2) is 52.1 Å². The molecule has 0 radical (unpaired) electrons. The van der Waals surface area contributed by atoms with Gasteiger partial charge in [-0.2, -0.15) is 5.10 Å². The number of aryl methyl sites for hydroxylation is 1. The molecule has 2 aromatic rings. The molecule has 6 nitrogen and oxygen atoms in total. The molecule has 3 heterocycles. The van der Waals surface area contributed by atoms with Crippen molar-refractivity contribution < 1.29 is 14.6 Å². The number of aliphatic carboxylic acids is 1. The van der Waals surface area contributed by atoms with Gasteiger partial charge >= 0.3 is 5.97 Å². The molecule has 0 aliphatic carbocycles. The smallest absolute Gasteiger partial charge is 0.313 e. The van der Waals surface area contributed by atoms with E-state index in [1.807, 2.05) is 29.9 Å². The van der Waals surface area contributed by atoms with E-state index in [0.29, 0.717) is 31.3 Å². The Kier molecular flexibility index (Phi) is 3.78. The third-order valence-electron chi connectivity index (χ3n) is 5.43. The molecule has 0 bridgehead atoms. The average molecular weight is 350 g/mol. The highest BCUT2D eigenvalue weighted by Gasteiger charge is 2.54. The van der Waals surface area contributed by atoms with Gasteiger partial charge in [-0.25, -0.2) is 0 Å². The predicted octanol–water partition coefficient (Wildman–Crippen LogP) is 2.15. The number of rotatable bonds is 3. The Hall–Kier alpha value is -1.63. The van der Waals surface area contributed by atoms with E-state index in [9.17, 15) is 9.90 Å². The van der Waals surface area contributed by atoms with Gasteiger partial charge in [0.25, 0.3) is 0 Å². The van der Waals surface area contributed by atoms with Crippen molar-refractivity contribution in [3.8, 4) is 0 Å². The van der Waals surface area contributed by atoms with E-state index < -0.39 is 11.4 Å². The zero-order valence-electron chi connectivity index (χ0n) is 13.5. The number of hydrogen-bond donors (Lipinski definition) is 1. The van der Waals surface area contributed by atoms with Gasteiger partial charge in [0, 0.05) is 38.7 Å². The second-order valence-electron chi connectivity index (χ2n) is 6.87. The van der Waals surface area contributed by atoms with E-state index in [1.165, 1.54) is 0 Å². The van der Waals surface area contributed by atoms with Crippen LogP contribution in [0, 0.1) is 11.3 Å². The molecule has 4 rings (SSSR count). The third kappa shape index (κ3) is 2.32. The highest BCUT2D eigenvalue weighted by molar-refractivity contribution is 6.35. The standard InChI is InChI=1S/C17H20ClN3O3/c1-20-14-4-2-3-12(18)15(14)13(19-20)8-21-7-11-5-6-24-10-17(11,9-21)16(22)23/h2-4,11H,5-10H2,1H3,(H,22,23)/t11-,17+/m0/s1. The summed E-state index contributed by atoms with van der Waals surface area (Å²) in [6.45, 7) is 2.80. The quantitative estimate of drug-likeness (QED) is 0.919. The van der Waals surface area contributed by atoms with Crippen molar-refractivity contribution in [2.45, 2.75) is 13.0 Å². The fourth-order valence-corrected chi connectivity index (χ4v) is 4.47. The lowest BCUT2D eigenvalue weighted by molar-refractivity contribution is -0.159. The Morgan fingerprint density at radius 3 is 3.12 bits per heavy atom. The first kappa shape index (κ1) is 15.9. The number of likely N-dealkylation sites (tertiary alicyclic amines) is 1. The SMILES string of the molecule is Cn1nc(CN2C[C@@H]3CCOC[C@]3(C(=O)O)C2)c2c(Cl)cccc21. The van der Waals surface area contributed by atoms with Crippen LogP contribution in [0.5, 0.6) is 0 Å². The maximum Gasteiger partial charge on any atom is 0.313 e. The summed E-state index contributed by atoms with van der Waals surface area (Å²) in [5.74, 6) is -0.618. The highest BCUT2D eigenvalue weighted by atomic mass is 35.5. The molecule has 0 amide bonds. The number of benzene rings is 1. The van der Waals surface area contributed by atoms with Crippen molar-refractivity contribution in [2.24, 2.45) is 18.4 Å². The molecule has 2 aliphatic rings. The van der Waals surface area contributed by atoms with Crippen LogP contribution in [0.25, 0.3) is 10.9 Å². The van der Waals surface area contributed by atoms with Crippen LogP contribution in [0.4, 0.5) is 0 Å². The van der Waals surface area contributed by atoms with E-state index >= 15 is 0 Å². The minimum absolute atomic E-state index is 0.134. The summed E-state index contributed by atoms with van der Waals surface area (Å²) in [5.41, 5.74) is 1.11. The van der Waals surface area contributed by atoms with Gasteiger partial charge in [0.1, 0.15) is 5.41 Å². The molecule has 1 N–H and O–H groups in total. The molecular formula is C17H20ClN3O3. The second-order valence-corrected chi connectivity index (χ2v) is 7.28. The second kappa shape index (κ2) is 5.72. The molecule has 2 atom stereocenters. The molecule has 2 aliphatic heterocycles. The molecule has 1 aromatic heterocycles. The van der Waals surface area contributed by atoms with Gasteiger partial charge in [-0.1, -0.05) is 17.7 Å². The van der Waals surface area contributed by atoms with Crippen molar-refractivity contribution in [3.63, 3.8) is 0 Å². The van der Waals surface area contributed by atoms with Crippen LogP contribution in [0.2, 0.25) is 5.02 Å². The van der Waals surface area contributed by atoms with E-state index in [0.717, 1.165) is 29.6 Å². The number of carboxylic acids is 1. The lowest BCUT2D eigenvalue weighted by Gasteiger charge is -2.34. The zero-order chi connectivity index (χ0) is 16.9. The lowest BCUT2D eigenvalue weighted by atomic mass is 9.76. The molecule has 128 valence electrons. The Morgan fingerprint density at radius 1 is 1.54 bits per heavy atom. The fraction of sp³-hybridized carbons (Fsp3) is 0.529. The average Bonchev–Trinajstić information content (AvgIpc) is 3.07. The van der Waals surface area contributed by atoms with Crippen molar-refractivity contribution in [2.75, 3.05) is 26.3 Å². The molecule has 24 heavy (non-hydrogen) atoms. The number of hydrogen-bond acceptors (Lipinski definition) is 4. The van der Waals surface area contributed by atoms with Crippen LogP contribution >= 0.6 is 11.6 Å². The summed E-state index contributed by atoms with van der Waals surface area (Å²) >= 11 is 6.37. The van der Waals surface area contributed by atoms with Gasteiger partial charge in [-0.3, -0.25) is 14.4 Å². The summed E-state index contributed by atoms with van der Waals surface area (Å²) in [6, 6.07) is 5.77. The normalized spacial score (nSPS) is 27.5. The van der Waals surface area contributed by atoms with Gasteiger partial charge in [0.2, 0.25) is 0 Å². The van der Waals surface area contributed by atoms with Crippen LogP contribution in [0.3, 0.4) is 0 Å². The van der Waals surface area contributed by atoms with E-state index in [2.05, 4.69) is 10.00 Å². The number of fused-ring (bicyclic) bond motifs is 2. The fourth-order valence-electron chi connectivity index (χ4n) is 4.19. The summed E-state index contributed by atoms with van der Waals surface area (Å²) in [4.78, 5) is 14.1. The summed E-state index contributed by atoms with van der Waals surface area (Å²) in [6.07, 6.45) is 0.798. The van der Waals surface area contributed by atoms with Crippen LogP contribution in [0.15, 0.2) is 18.2 Å². The van der Waals surface area contributed by atoms with Gasteiger partial charge in [-0.15, -0.1) is 0 Å². The molecule has 1 aromatic carbocycles. The number of carboxylic acid groups (broad SMARTS) is 1. The maximum absolute atomic E-state index is 11.9. The summed E-state index contributed by atoms with van der Waals surface area (Å²) in [5, 5.41) is 16.0. The van der Waals surface area contributed by atoms with Gasteiger partial charge in [0.15, 0.2) is 0 Å². The van der Waals surface area contributed by atoms with Crippen LogP contribution in [-0.2, 0) is 23.1 Å². The van der Waals surface area contributed by atoms with Crippen molar-refractivity contribution in [1.29, 1.82) is 0 Å². The first-order chi connectivity index (χ1) is 11.5. The molecule has 0 saturated carbocycles. The number of carbonyl (C=O) groups is 1. The number of nitrogens with zero attached hydrogens (tertiary/aromatic N) is 3. The van der Waals surface area contributed by atoms with Crippen LogP contribution < -0.4 is 0 Å². The summed E-state index contributed by atoms with van der Waals surface area (Å²) < 4.78 is 7.32. The Bertz CT molecular complexity index is 806. The number of halogens is 1. The Balaban J connectivity index is 1.64. The molecule has 2 fully saturated rings. The minimum Gasteiger partial charge on any atom is -0.481 e. The number of ether oxygens (including phenoxy) is 1. The van der Waals surface area contributed by atoms with Crippen LogP contribution in [0.1, 0.15) is 12.1 Å². The molecule has 2 saturated heterocycles. The van der Waals surface area contributed by atoms with Crippen molar-refractivity contribution >= 4 is 28.5 Å². The van der Waals surface area contributed by atoms with Gasteiger partial charge in [0.05, 0.1) is 22.8 Å². The molecule has 0 unspecified atom stereocenters. The van der Waals surface area contributed by atoms with Crippen molar-refractivity contribution in [1.82, 2.24) is 14.7 Å². The first-order valence-electron chi connectivity index (χ1n) is 8.15. The third-order valence-corrected chi connectivity index (χ3v) is 5.75. The largest absolute Gasteiger partial charge is 0.481 e. The minimum atomic E-state index is -0.785. The molecule has 7 heteroatoms. The monoisotopic (exact) mass is 349 g/mol. The predicted molar refractivity (Wildman–Crippen MR) is 90.0 cm³/mol. The van der Waals surface area contributed by atoms with E-state index in [1.54, 1.807) is 0 Å². The Labute approximate surface area is 144 Å². The highest BCUT2D eigenvalue weighted by Crippen LogP contribution is 2.42. The Morgan fingerprint density at radius 2 is 2.38 bits per heavy atom. The topological polar surface area (TPSA) is 67.6 Å². The zero-order valence-corrected chi connectivity index (χ0v) is 14.3. The van der Waals surface area contributed by atoms with Gasteiger partial charge < -0.3 is 9.84 Å². The maximum atomic E-state index is 11.9. The summed E-state index contributed by atoms with van der Waals surface area (Å²) in [7, 11) is 1.90. The van der Waals surface area contributed by atoms with E-state index in [4.69, 9.17) is 16.3 Å². The van der Waals surface area contributed by atoms with Crippen molar-refractivity contribution in [3.05, 3.63) is 28.9 Å². The number of aromatic nitrogens is 2. The first-order valence-corrected chi connectivity index (χ1v) is 8.52.